The van der Waals surface area contributed by atoms with Gasteiger partial charge in [0.2, 0.25) is 0 Å². The normalized spacial score (nSPS) is 21.8. The Morgan fingerprint density at radius 2 is 2.27 bits per heavy atom. The van der Waals surface area contributed by atoms with E-state index < -0.39 is 11.8 Å². The second kappa shape index (κ2) is 6.94. The van der Waals surface area contributed by atoms with Crippen LogP contribution in [-0.2, 0) is 14.2 Å². The number of ether oxygens (including phenoxy) is 3. The Balaban J connectivity index is 2.10. The third kappa shape index (κ3) is 4.41. The lowest BCUT2D eigenvalue weighted by molar-refractivity contribution is -0.152. The predicted molar refractivity (Wildman–Crippen MR) is 82.8 cm³/mol. The maximum absolute atomic E-state index is 12.3. The summed E-state index contributed by atoms with van der Waals surface area (Å²) in [5.74, 6) is -0.787. The minimum atomic E-state index is -0.655. The summed E-state index contributed by atoms with van der Waals surface area (Å²) in [5, 5.41) is 0.139. The fourth-order valence-corrected chi connectivity index (χ4v) is 2.57. The Labute approximate surface area is 135 Å². The Kier molecular flexibility index (Phi) is 5.42. The molecule has 0 saturated carbocycles. The van der Waals surface area contributed by atoms with Crippen molar-refractivity contribution in [3.8, 4) is 0 Å². The molecule has 0 N–H and O–H groups in total. The summed E-state index contributed by atoms with van der Waals surface area (Å²) in [6.07, 6.45) is 1.55. The molecule has 0 bridgehead atoms. The van der Waals surface area contributed by atoms with E-state index in [1.807, 2.05) is 13.8 Å². The van der Waals surface area contributed by atoms with Crippen LogP contribution in [0, 0.1) is 5.92 Å². The lowest BCUT2D eigenvalue weighted by atomic mass is 10.0. The van der Waals surface area contributed by atoms with Crippen molar-refractivity contribution in [1.29, 1.82) is 0 Å². The molecule has 0 spiro atoms. The molecule has 2 heterocycles. The molecule has 122 valence electrons. The van der Waals surface area contributed by atoms with E-state index in [2.05, 4.69) is 18.8 Å². The van der Waals surface area contributed by atoms with Gasteiger partial charge < -0.3 is 14.2 Å². The van der Waals surface area contributed by atoms with E-state index in [0.29, 0.717) is 18.9 Å². The topological polar surface area (TPSA) is 57.7 Å². The first kappa shape index (κ1) is 17.2. The molecule has 2 rings (SSSR count). The Hall–Kier alpha value is -1.17. The molecule has 0 radical (unpaired) electrons. The van der Waals surface area contributed by atoms with E-state index in [9.17, 15) is 4.79 Å². The first-order valence-corrected chi connectivity index (χ1v) is 7.79. The molecule has 1 aromatic rings. The zero-order valence-electron chi connectivity index (χ0n) is 13.3. The highest BCUT2D eigenvalue weighted by atomic mass is 35.5. The SMILES string of the molecule is CC(C)C[C@@H](OC(=O)c1cccnc1Cl)[C@@H]1COC(C)(C)O1. The minimum Gasteiger partial charge on any atom is -0.456 e. The van der Waals surface area contributed by atoms with Gasteiger partial charge >= 0.3 is 5.97 Å². The number of hydrogen-bond acceptors (Lipinski definition) is 5. The van der Waals surface area contributed by atoms with Crippen LogP contribution in [0.25, 0.3) is 0 Å². The molecule has 1 fully saturated rings. The average Bonchev–Trinajstić information content (AvgIpc) is 2.78. The van der Waals surface area contributed by atoms with Crippen LogP contribution < -0.4 is 0 Å². The minimum absolute atomic E-state index is 0.139. The maximum atomic E-state index is 12.3. The Morgan fingerprint density at radius 3 is 2.82 bits per heavy atom. The Bertz CT molecular complexity index is 533. The molecule has 6 heteroatoms. The smallest absolute Gasteiger partial charge is 0.341 e. The first-order valence-electron chi connectivity index (χ1n) is 7.42. The average molecular weight is 328 g/mol. The van der Waals surface area contributed by atoms with E-state index in [0.717, 1.165) is 0 Å². The van der Waals surface area contributed by atoms with Crippen LogP contribution in [-0.4, -0.2) is 35.6 Å². The fourth-order valence-electron chi connectivity index (χ4n) is 2.38. The molecule has 1 aliphatic heterocycles. The molecule has 22 heavy (non-hydrogen) atoms. The maximum Gasteiger partial charge on any atom is 0.341 e. The number of carbonyl (C=O) groups is 1. The summed E-state index contributed by atoms with van der Waals surface area (Å²) in [6.45, 7) is 8.23. The highest BCUT2D eigenvalue weighted by molar-refractivity contribution is 6.32. The summed E-state index contributed by atoms with van der Waals surface area (Å²) in [5.41, 5.74) is 0.260. The zero-order valence-corrected chi connectivity index (χ0v) is 14.1. The van der Waals surface area contributed by atoms with Crippen LogP contribution in [0.3, 0.4) is 0 Å². The van der Waals surface area contributed by atoms with Crippen molar-refractivity contribution in [1.82, 2.24) is 4.98 Å². The van der Waals surface area contributed by atoms with Gasteiger partial charge in [0.05, 0.1) is 12.2 Å². The molecule has 1 aliphatic rings. The molecule has 5 nitrogen and oxygen atoms in total. The third-order valence-electron chi connectivity index (χ3n) is 3.39. The van der Waals surface area contributed by atoms with E-state index in [4.69, 9.17) is 25.8 Å². The highest BCUT2D eigenvalue weighted by Crippen LogP contribution is 2.28. The van der Waals surface area contributed by atoms with E-state index in [1.165, 1.54) is 6.20 Å². The van der Waals surface area contributed by atoms with Gasteiger partial charge in [0, 0.05) is 6.20 Å². The van der Waals surface area contributed by atoms with Gasteiger partial charge in [-0.3, -0.25) is 0 Å². The van der Waals surface area contributed by atoms with Crippen molar-refractivity contribution in [2.24, 2.45) is 5.92 Å². The lowest BCUT2D eigenvalue weighted by Crippen LogP contribution is -2.36. The standard InChI is InChI=1S/C16H22ClNO4/c1-10(2)8-12(13-9-20-16(3,4)22-13)21-15(19)11-6-5-7-18-14(11)17/h5-7,10,12-13H,8-9H2,1-4H3/t12-,13+/m1/s1. The van der Waals surface area contributed by atoms with Gasteiger partial charge in [0.25, 0.3) is 0 Å². The lowest BCUT2D eigenvalue weighted by Gasteiger charge is -2.25. The molecule has 0 aliphatic carbocycles. The van der Waals surface area contributed by atoms with Crippen LogP contribution in [0.2, 0.25) is 5.15 Å². The molecule has 0 aromatic carbocycles. The molecule has 1 saturated heterocycles. The molecular weight excluding hydrogens is 306 g/mol. The third-order valence-corrected chi connectivity index (χ3v) is 3.69. The summed E-state index contributed by atoms with van der Waals surface area (Å²) in [6, 6.07) is 3.25. The monoisotopic (exact) mass is 327 g/mol. The molecule has 1 aromatic heterocycles. The largest absolute Gasteiger partial charge is 0.456 e. The number of nitrogens with zero attached hydrogens (tertiary/aromatic N) is 1. The first-order chi connectivity index (χ1) is 10.3. The van der Waals surface area contributed by atoms with Gasteiger partial charge in [-0.1, -0.05) is 25.4 Å². The fraction of sp³-hybridized carbons (Fsp3) is 0.625. The molecule has 0 unspecified atom stereocenters. The van der Waals surface area contributed by atoms with Crippen molar-refractivity contribution in [2.45, 2.75) is 52.1 Å². The van der Waals surface area contributed by atoms with Crippen LogP contribution in [0.1, 0.15) is 44.5 Å². The van der Waals surface area contributed by atoms with Gasteiger partial charge in [-0.05, 0) is 38.3 Å². The van der Waals surface area contributed by atoms with Crippen molar-refractivity contribution < 1.29 is 19.0 Å². The van der Waals surface area contributed by atoms with Gasteiger partial charge in [0.15, 0.2) is 5.79 Å². The quantitative estimate of drug-likeness (QED) is 0.612. The van der Waals surface area contributed by atoms with E-state index >= 15 is 0 Å². The molecule has 0 amide bonds. The van der Waals surface area contributed by atoms with Gasteiger partial charge in [-0.2, -0.15) is 0 Å². The number of esters is 1. The highest BCUT2D eigenvalue weighted by Gasteiger charge is 2.39. The predicted octanol–water partition coefficient (Wildman–Crippen LogP) is 3.46. The second-order valence-electron chi connectivity index (χ2n) is 6.28. The van der Waals surface area contributed by atoms with Crippen LogP contribution in [0.15, 0.2) is 18.3 Å². The van der Waals surface area contributed by atoms with Crippen molar-refractivity contribution >= 4 is 17.6 Å². The summed E-state index contributed by atoms with van der Waals surface area (Å²) in [7, 11) is 0. The van der Waals surface area contributed by atoms with Crippen LogP contribution >= 0.6 is 11.6 Å². The van der Waals surface area contributed by atoms with E-state index in [1.54, 1.807) is 12.1 Å². The summed E-state index contributed by atoms with van der Waals surface area (Å²) in [4.78, 5) is 16.2. The number of halogens is 1. The molecule has 2 atom stereocenters. The van der Waals surface area contributed by atoms with Gasteiger partial charge in [-0.25, -0.2) is 9.78 Å². The Morgan fingerprint density at radius 1 is 1.55 bits per heavy atom. The summed E-state index contributed by atoms with van der Waals surface area (Å²) >= 11 is 5.95. The number of hydrogen-bond donors (Lipinski definition) is 0. The van der Waals surface area contributed by atoms with Crippen LogP contribution in [0.5, 0.6) is 0 Å². The number of aromatic nitrogens is 1. The van der Waals surface area contributed by atoms with Crippen LogP contribution in [0.4, 0.5) is 0 Å². The van der Waals surface area contributed by atoms with Crippen molar-refractivity contribution in [2.75, 3.05) is 6.61 Å². The second-order valence-corrected chi connectivity index (χ2v) is 6.64. The number of carbonyl (C=O) groups excluding carboxylic acids is 1. The van der Waals surface area contributed by atoms with Gasteiger partial charge in [-0.15, -0.1) is 0 Å². The van der Waals surface area contributed by atoms with Crippen molar-refractivity contribution in [3.63, 3.8) is 0 Å². The summed E-state index contributed by atoms with van der Waals surface area (Å²) < 4.78 is 17.0. The number of pyridine rings is 1. The van der Waals surface area contributed by atoms with Crippen molar-refractivity contribution in [3.05, 3.63) is 29.0 Å². The van der Waals surface area contributed by atoms with Gasteiger partial charge in [0.1, 0.15) is 17.4 Å². The number of rotatable bonds is 5. The molecular formula is C16H22ClNO4. The zero-order chi connectivity index (χ0) is 16.3. The van der Waals surface area contributed by atoms with E-state index in [-0.39, 0.29) is 22.9 Å².